The van der Waals surface area contributed by atoms with Gasteiger partial charge < -0.3 is 14.2 Å². The number of carbonyl (C=O) groups is 1. The average molecular weight is 431 g/mol. The summed E-state index contributed by atoms with van der Waals surface area (Å²) in [6.07, 6.45) is 3.10. The summed E-state index contributed by atoms with van der Waals surface area (Å²) >= 11 is 0. The average Bonchev–Trinajstić information content (AvgIpc) is 3.44. The minimum absolute atomic E-state index is 0.161. The fraction of sp³-hybridized carbons (Fsp3) is 0.320. The Bertz CT molecular complexity index is 1290. The summed E-state index contributed by atoms with van der Waals surface area (Å²) in [7, 11) is 0. The maximum absolute atomic E-state index is 10.9. The number of hydrogen-bond acceptors (Lipinski definition) is 5. The second kappa shape index (κ2) is 8.24. The van der Waals surface area contributed by atoms with E-state index in [4.69, 9.17) is 14.6 Å². The third-order valence-electron chi connectivity index (χ3n) is 6.18. The van der Waals surface area contributed by atoms with E-state index in [2.05, 4.69) is 58.9 Å². The number of nitrogens with zero attached hydrogens (tertiary/aromatic N) is 4. The van der Waals surface area contributed by atoms with Crippen LogP contribution >= 0.6 is 0 Å². The molecule has 0 amide bonds. The number of carboxylic acid groups (broad SMARTS) is 1. The Labute approximate surface area is 186 Å². The molecule has 1 aliphatic rings. The standard InChI is InChI=1S/C25H26N4O3/c1-16(2)29-13-8-17-14-18(6-7-22(17)29)25-26-24(27-32-25)21-5-3-4-19-15-28(11-9-20(19)21)12-10-23(30)31/h3-8,13-14,16H,9-12,15H2,1-2H3,(H,30,31). The van der Waals surface area contributed by atoms with Gasteiger partial charge in [-0.3, -0.25) is 9.69 Å². The van der Waals surface area contributed by atoms with Crippen LogP contribution in [0.25, 0.3) is 33.7 Å². The summed E-state index contributed by atoms with van der Waals surface area (Å²) in [5, 5.41) is 14.4. The molecule has 0 aliphatic carbocycles. The lowest BCUT2D eigenvalue weighted by Crippen LogP contribution is -2.32. The van der Waals surface area contributed by atoms with Crippen LogP contribution in [0, 0.1) is 0 Å². The summed E-state index contributed by atoms with van der Waals surface area (Å²) in [6, 6.07) is 14.9. The van der Waals surface area contributed by atoms with Gasteiger partial charge in [0.25, 0.3) is 5.89 Å². The maximum atomic E-state index is 10.9. The van der Waals surface area contributed by atoms with Crippen molar-refractivity contribution in [1.29, 1.82) is 0 Å². The Morgan fingerprint density at radius 2 is 2.09 bits per heavy atom. The second-order valence-electron chi connectivity index (χ2n) is 8.63. The number of fused-ring (bicyclic) bond motifs is 2. The first-order chi connectivity index (χ1) is 15.5. The Morgan fingerprint density at radius 1 is 1.22 bits per heavy atom. The summed E-state index contributed by atoms with van der Waals surface area (Å²) in [5.41, 5.74) is 5.50. The number of carboxylic acids is 1. The van der Waals surface area contributed by atoms with Gasteiger partial charge in [0.2, 0.25) is 5.82 Å². The molecule has 7 heteroatoms. The molecule has 0 unspecified atom stereocenters. The van der Waals surface area contributed by atoms with Crippen molar-refractivity contribution in [3.63, 3.8) is 0 Å². The molecular weight excluding hydrogens is 404 g/mol. The van der Waals surface area contributed by atoms with Crippen LogP contribution in [-0.4, -0.2) is 43.8 Å². The van der Waals surface area contributed by atoms with E-state index in [1.807, 2.05) is 18.2 Å². The van der Waals surface area contributed by atoms with E-state index in [9.17, 15) is 4.79 Å². The number of aromatic nitrogens is 3. The summed E-state index contributed by atoms with van der Waals surface area (Å²) in [4.78, 5) is 17.8. The van der Waals surface area contributed by atoms with Crippen molar-refractivity contribution in [2.24, 2.45) is 0 Å². The molecule has 0 spiro atoms. The van der Waals surface area contributed by atoms with Crippen molar-refractivity contribution in [3.8, 4) is 22.8 Å². The predicted octanol–water partition coefficient (Wildman–Crippen LogP) is 4.77. The SMILES string of the molecule is CC(C)n1ccc2cc(-c3nc(-c4cccc5c4CCN(CCC(=O)O)C5)no3)ccc21. The van der Waals surface area contributed by atoms with Crippen LogP contribution in [0.5, 0.6) is 0 Å². The molecule has 7 nitrogen and oxygen atoms in total. The minimum Gasteiger partial charge on any atom is -0.481 e. The summed E-state index contributed by atoms with van der Waals surface area (Å²) in [6.45, 7) is 6.47. The largest absolute Gasteiger partial charge is 0.481 e. The van der Waals surface area contributed by atoms with E-state index in [0.29, 0.717) is 24.3 Å². The molecule has 2 aromatic carbocycles. The molecular formula is C25H26N4O3. The molecule has 5 rings (SSSR count). The lowest BCUT2D eigenvalue weighted by Gasteiger charge is -2.29. The molecule has 0 saturated carbocycles. The molecule has 4 aromatic rings. The highest BCUT2D eigenvalue weighted by Gasteiger charge is 2.22. The number of rotatable bonds is 6. The van der Waals surface area contributed by atoms with Crippen molar-refractivity contribution < 1.29 is 14.4 Å². The number of aliphatic carboxylic acids is 1. The van der Waals surface area contributed by atoms with Crippen LogP contribution in [0.1, 0.15) is 37.4 Å². The Balaban J connectivity index is 1.42. The van der Waals surface area contributed by atoms with Gasteiger partial charge in [0.05, 0.1) is 6.42 Å². The highest BCUT2D eigenvalue weighted by atomic mass is 16.5. The van der Waals surface area contributed by atoms with Gasteiger partial charge in [-0.05, 0) is 55.7 Å². The van der Waals surface area contributed by atoms with E-state index in [1.165, 1.54) is 16.6 Å². The Kier molecular flexibility index (Phi) is 5.27. The predicted molar refractivity (Wildman–Crippen MR) is 122 cm³/mol. The van der Waals surface area contributed by atoms with Crippen LogP contribution < -0.4 is 0 Å². The highest BCUT2D eigenvalue weighted by molar-refractivity contribution is 5.84. The molecule has 164 valence electrons. The van der Waals surface area contributed by atoms with Gasteiger partial charge >= 0.3 is 5.97 Å². The van der Waals surface area contributed by atoms with E-state index in [-0.39, 0.29) is 6.42 Å². The Hall–Kier alpha value is -3.45. The van der Waals surface area contributed by atoms with Crippen molar-refractivity contribution in [2.45, 2.75) is 39.3 Å². The maximum Gasteiger partial charge on any atom is 0.304 e. The van der Waals surface area contributed by atoms with E-state index >= 15 is 0 Å². The molecule has 0 fully saturated rings. The van der Waals surface area contributed by atoms with Gasteiger partial charge in [-0.25, -0.2) is 0 Å². The van der Waals surface area contributed by atoms with Crippen LogP contribution in [0.2, 0.25) is 0 Å². The molecule has 0 radical (unpaired) electrons. The smallest absolute Gasteiger partial charge is 0.304 e. The fourth-order valence-corrected chi connectivity index (χ4v) is 4.52. The lowest BCUT2D eigenvalue weighted by molar-refractivity contribution is -0.137. The molecule has 3 heterocycles. The van der Waals surface area contributed by atoms with Crippen LogP contribution in [-0.2, 0) is 17.8 Å². The third kappa shape index (κ3) is 3.80. The minimum atomic E-state index is -0.761. The third-order valence-corrected chi connectivity index (χ3v) is 6.18. The van der Waals surface area contributed by atoms with Gasteiger partial charge in [-0.2, -0.15) is 4.98 Å². The second-order valence-corrected chi connectivity index (χ2v) is 8.63. The molecule has 32 heavy (non-hydrogen) atoms. The summed E-state index contributed by atoms with van der Waals surface area (Å²) in [5.74, 6) is 0.342. The number of benzene rings is 2. The van der Waals surface area contributed by atoms with Gasteiger partial charge in [0.15, 0.2) is 0 Å². The zero-order valence-electron chi connectivity index (χ0n) is 18.3. The zero-order chi connectivity index (χ0) is 22.2. The summed E-state index contributed by atoms with van der Waals surface area (Å²) < 4.78 is 7.89. The molecule has 2 aromatic heterocycles. The van der Waals surface area contributed by atoms with Gasteiger partial charge in [-0.15, -0.1) is 0 Å². The Morgan fingerprint density at radius 3 is 2.91 bits per heavy atom. The van der Waals surface area contributed by atoms with Crippen LogP contribution in [0.4, 0.5) is 0 Å². The molecule has 1 N–H and O–H groups in total. The lowest BCUT2D eigenvalue weighted by atomic mass is 9.94. The molecule has 0 bridgehead atoms. The first kappa shape index (κ1) is 20.5. The first-order valence-electron chi connectivity index (χ1n) is 11.0. The zero-order valence-corrected chi connectivity index (χ0v) is 18.3. The van der Waals surface area contributed by atoms with Gasteiger partial charge in [0, 0.05) is 53.9 Å². The van der Waals surface area contributed by atoms with Crippen molar-refractivity contribution in [1.82, 2.24) is 19.6 Å². The normalized spacial score (nSPS) is 14.2. The van der Waals surface area contributed by atoms with Crippen LogP contribution in [0.15, 0.2) is 53.2 Å². The molecule has 0 saturated heterocycles. The van der Waals surface area contributed by atoms with Crippen molar-refractivity contribution in [2.75, 3.05) is 13.1 Å². The van der Waals surface area contributed by atoms with Gasteiger partial charge in [-0.1, -0.05) is 23.4 Å². The topological polar surface area (TPSA) is 84.4 Å². The van der Waals surface area contributed by atoms with E-state index < -0.39 is 5.97 Å². The molecule has 0 atom stereocenters. The van der Waals surface area contributed by atoms with Crippen molar-refractivity contribution in [3.05, 3.63) is 59.8 Å². The quantitative estimate of drug-likeness (QED) is 0.474. The fourth-order valence-electron chi connectivity index (χ4n) is 4.52. The van der Waals surface area contributed by atoms with Crippen molar-refractivity contribution >= 4 is 16.9 Å². The van der Waals surface area contributed by atoms with E-state index in [1.54, 1.807) is 0 Å². The molecule has 1 aliphatic heterocycles. The van der Waals surface area contributed by atoms with Gasteiger partial charge in [0.1, 0.15) is 0 Å². The number of hydrogen-bond donors (Lipinski definition) is 1. The van der Waals surface area contributed by atoms with E-state index in [0.717, 1.165) is 36.0 Å². The monoisotopic (exact) mass is 430 g/mol. The first-order valence-corrected chi connectivity index (χ1v) is 11.0. The van der Waals surface area contributed by atoms with Crippen LogP contribution in [0.3, 0.4) is 0 Å². The highest BCUT2D eigenvalue weighted by Crippen LogP contribution is 2.31.